The second-order valence-electron chi connectivity index (χ2n) is 6.97. The fourth-order valence-corrected chi connectivity index (χ4v) is 2.94. The monoisotopic (exact) mass is 316 g/mol. The Morgan fingerprint density at radius 2 is 2.09 bits per heavy atom. The molecule has 6 nitrogen and oxygen atoms in total. The van der Waals surface area contributed by atoms with Crippen molar-refractivity contribution in [3.63, 3.8) is 0 Å². The van der Waals surface area contributed by atoms with Gasteiger partial charge in [-0.2, -0.15) is 0 Å². The smallest absolute Gasteiger partial charge is 0.414 e. The molecule has 0 unspecified atom stereocenters. The average Bonchev–Trinajstić information content (AvgIpc) is 3.09. The summed E-state index contributed by atoms with van der Waals surface area (Å²) < 4.78 is 5.54. The number of nitrogens with one attached hydrogen (secondary N) is 1. The highest BCUT2D eigenvalue weighted by atomic mass is 16.6. The third kappa shape index (κ3) is 3.25. The molecule has 23 heavy (non-hydrogen) atoms. The van der Waals surface area contributed by atoms with Crippen molar-refractivity contribution in [1.29, 1.82) is 0 Å². The van der Waals surface area contributed by atoms with Gasteiger partial charge < -0.3 is 4.74 Å². The predicted octanol–water partition coefficient (Wildman–Crippen LogP) is 2.96. The lowest BCUT2D eigenvalue weighted by Crippen LogP contribution is -2.36. The number of carbonyl (C=O) groups is 1. The number of nitrogens with zero attached hydrogens (tertiary/aromatic N) is 3. The molecule has 1 N–H and O–H groups in total. The molecule has 0 bridgehead atoms. The van der Waals surface area contributed by atoms with Crippen LogP contribution in [0.4, 0.5) is 16.2 Å². The number of hydrazine groups is 1. The van der Waals surface area contributed by atoms with E-state index in [4.69, 9.17) is 4.74 Å². The number of amides is 1. The van der Waals surface area contributed by atoms with E-state index in [1.54, 1.807) is 4.90 Å². The van der Waals surface area contributed by atoms with Crippen LogP contribution in [0.2, 0.25) is 0 Å². The normalized spacial score (nSPS) is 16.7. The Hall–Kier alpha value is -2.24. The topological polar surface area (TPSA) is 57.2 Å². The Kier molecular flexibility index (Phi) is 3.92. The first-order valence-electron chi connectivity index (χ1n) is 8.01. The number of hydrogen-bond acceptors (Lipinski definition) is 5. The van der Waals surface area contributed by atoms with Gasteiger partial charge in [-0.1, -0.05) is 6.07 Å². The molecule has 0 aliphatic carbocycles. The minimum Gasteiger partial charge on any atom is -0.443 e. The molecule has 0 fully saturated rings. The number of hydrogen-bond donors (Lipinski definition) is 1. The van der Waals surface area contributed by atoms with Gasteiger partial charge in [-0.25, -0.2) is 4.79 Å². The highest BCUT2D eigenvalue weighted by Gasteiger charge is 2.31. The van der Waals surface area contributed by atoms with Crippen LogP contribution in [0.15, 0.2) is 17.1 Å². The van der Waals surface area contributed by atoms with Crippen molar-refractivity contribution in [2.75, 3.05) is 30.0 Å². The van der Waals surface area contributed by atoms with Crippen molar-refractivity contribution in [2.45, 2.75) is 39.7 Å². The quantitative estimate of drug-likeness (QED) is 0.911. The molecule has 1 amide bonds. The summed E-state index contributed by atoms with van der Waals surface area (Å²) in [6.07, 6.45) is 2.36. The minimum atomic E-state index is -0.490. The molecule has 0 atom stereocenters. The Morgan fingerprint density at radius 3 is 2.74 bits per heavy atom. The van der Waals surface area contributed by atoms with Gasteiger partial charge in [0, 0.05) is 12.1 Å². The first-order valence-corrected chi connectivity index (χ1v) is 8.01. The van der Waals surface area contributed by atoms with Gasteiger partial charge in [0.2, 0.25) is 0 Å². The number of carbonyl (C=O) groups excluding carboxylic acids is 1. The third-order valence-corrected chi connectivity index (χ3v) is 3.91. The molecule has 0 aromatic heterocycles. The second kappa shape index (κ2) is 5.76. The van der Waals surface area contributed by atoms with Gasteiger partial charge in [-0.15, -0.1) is 0 Å². The van der Waals surface area contributed by atoms with Crippen LogP contribution in [0.3, 0.4) is 0 Å². The second-order valence-corrected chi connectivity index (χ2v) is 6.97. The van der Waals surface area contributed by atoms with E-state index in [0.29, 0.717) is 6.54 Å². The number of aliphatic imine (C=N–C) groups is 1. The van der Waals surface area contributed by atoms with Gasteiger partial charge in [-0.3, -0.25) is 20.3 Å². The summed E-state index contributed by atoms with van der Waals surface area (Å²) in [5.74, 6) is 0. The SMILES string of the molecule is Cc1ccc(NN2C=NCC2)c2c1N(C(=O)OC(C)(C)C)CC2. The lowest BCUT2D eigenvalue weighted by molar-refractivity contribution is 0.0584. The molecular formula is C17H24N4O2. The van der Waals surface area contributed by atoms with Crippen LogP contribution >= 0.6 is 0 Å². The van der Waals surface area contributed by atoms with Crippen LogP contribution < -0.4 is 10.3 Å². The van der Waals surface area contributed by atoms with E-state index in [2.05, 4.69) is 16.5 Å². The lowest BCUT2D eigenvalue weighted by Gasteiger charge is -2.26. The predicted molar refractivity (Wildman–Crippen MR) is 92.2 cm³/mol. The summed E-state index contributed by atoms with van der Waals surface area (Å²) in [4.78, 5) is 18.4. The molecule has 6 heteroatoms. The van der Waals surface area contributed by atoms with Crippen LogP contribution in [0.1, 0.15) is 31.9 Å². The van der Waals surface area contributed by atoms with Crippen molar-refractivity contribution >= 4 is 23.8 Å². The molecule has 0 saturated heterocycles. The number of rotatable bonds is 2. The Bertz CT molecular complexity index is 649. The van der Waals surface area contributed by atoms with E-state index in [0.717, 1.165) is 42.0 Å². The number of ether oxygens (including phenoxy) is 1. The number of aryl methyl sites for hydroxylation is 1. The zero-order chi connectivity index (χ0) is 16.6. The average molecular weight is 316 g/mol. The molecule has 0 radical (unpaired) electrons. The molecule has 1 aromatic rings. The molecule has 2 aliphatic rings. The zero-order valence-electron chi connectivity index (χ0n) is 14.2. The van der Waals surface area contributed by atoms with Gasteiger partial charge in [0.15, 0.2) is 0 Å². The summed E-state index contributed by atoms with van der Waals surface area (Å²) in [5.41, 5.74) is 7.15. The van der Waals surface area contributed by atoms with Gasteiger partial charge in [0.1, 0.15) is 11.9 Å². The summed E-state index contributed by atoms with van der Waals surface area (Å²) >= 11 is 0. The molecule has 1 aromatic carbocycles. The van der Waals surface area contributed by atoms with Crippen LogP contribution in [0.5, 0.6) is 0 Å². The van der Waals surface area contributed by atoms with E-state index in [1.807, 2.05) is 45.1 Å². The van der Waals surface area contributed by atoms with Gasteiger partial charge in [0.05, 0.1) is 24.5 Å². The van der Waals surface area contributed by atoms with Crippen molar-refractivity contribution in [2.24, 2.45) is 4.99 Å². The van der Waals surface area contributed by atoms with E-state index in [9.17, 15) is 4.79 Å². The summed E-state index contributed by atoms with van der Waals surface area (Å²) in [6, 6.07) is 4.11. The Labute approximate surface area is 137 Å². The summed E-state index contributed by atoms with van der Waals surface area (Å²) in [5, 5.41) is 1.97. The highest BCUT2D eigenvalue weighted by Crippen LogP contribution is 2.37. The standard InChI is InChI=1S/C17H24N4O2/c1-12-5-6-14(19-20-10-8-18-11-20)13-7-9-21(15(12)13)16(22)23-17(2,3)4/h5-6,11,19H,7-10H2,1-4H3. The van der Waals surface area contributed by atoms with Crippen molar-refractivity contribution in [3.8, 4) is 0 Å². The third-order valence-electron chi connectivity index (χ3n) is 3.91. The van der Waals surface area contributed by atoms with Gasteiger partial charge in [-0.05, 0) is 45.7 Å². The molecule has 0 saturated carbocycles. The fourth-order valence-electron chi connectivity index (χ4n) is 2.94. The zero-order valence-corrected chi connectivity index (χ0v) is 14.2. The molecular weight excluding hydrogens is 292 g/mol. The number of anilines is 2. The molecule has 2 aliphatic heterocycles. The van der Waals surface area contributed by atoms with E-state index >= 15 is 0 Å². The van der Waals surface area contributed by atoms with Crippen LogP contribution in [-0.4, -0.2) is 42.7 Å². The summed E-state index contributed by atoms with van der Waals surface area (Å²) in [7, 11) is 0. The fraction of sp³-hybridized carbons (Fsp3) is 0.529. The molecule has 0 spiro atoms. The van der Waals surface area contributed by atoms with Crippen LogP contribution in [-0.2, 0) is 11.2 Å². The minimum absolute atomic E-state index is 0.278. The number of fused-ring (bicyclic) bond motifs is 1. The van der Waals surface area contributed by atoms with E-state index in [1.165, 1.54) is 0 Å². The van der Waals surface area contributed by atoms with E-state index in [-0.39, 0.29) is 6.09 Å². The van der Waals surface area contributed by atoms with Crippen molar-refractivity contribution in [3.05, 3.63) is 23.3 Å². The Morgan fingerprint density at radius 1 is 1.30 bits per heavy atom. The molecule has 2 heterocycles. The van der Waals surface area contributed by atoms with Crippen molar-refractivity contribution in [1.82, 2.24) is 5.01 Å². The lowest BCUT2D eigenvalue weighted by atomic mass is 10.1. The first-order chi connectivity index (χ1) is 10.8. The summed E-state index contributed by atoms with van der Waals surface area (Å²) in [6.45, 7) is 10.0. The number of benzene rings is 1. The van der Waals surface area contributed by atoms with E-state index < -0.39 is 5.60 Å². The van der Waals surface area contributed by atoms with Gasteiger partial charge in [0.25, 0.3) is 0 Å². The van der Waals surface area contributed by atoms with Gasteiger partial charge >= 0.3 is 6.09 Å². The highest BCUT2D eigenvalue weighted by molar-refractivity contribution is 5.93. The van der Waals surface area contributed by atoms with Crippen LogP contribution in [0.25, 0.3) is 0 Å². The first kappa shape index (κ1) is 15.6. The Balaban J connectivity index is 1.86. The maximum atomic E-state index is 12.5. The largest absolute Gasteiger partial charge is 0.443 e. The molecule has 3 rings (SSSR count). The molecule has 124 valence electrons. The maximum Gasteiger partial charge on any atom is 0.414 e. The van der Waals surface area contributed by atoms with Crippen molar-refractivity contribution < 1.29 is 9.53 Å². The maximum absolute atomic E-state index is 12.5. The van der Waals surface area contributed by atoms with Crippen LogP contribution in [0, 0.1) is 6.92 Å².